The van der Waals surface area contributed by atoms with E-state index in [0.717, 1.165) is 12.8 Å². The first-order valence-electron chi connectivity index (χ1n) is 11.1. The van der Waals surface area contributed by atoms with Crippen LogP contribution in [0.25, 0.3) is 0 Å². The zero-order valence-electron chi connectivity index (χ0n) is 19.3. The highest BCUT2D eigenvalue weighted by molar-refractivity contribution is 7.89. The Labute approximate surface area is 190 Å². The summed E-state index contributed by atoms with van der Waals surface area (Å²) in [6, 6.07) is 5.93. The van der Waals surface area contributed by atoms with Gasteiger partial charge in [-0.2, -0.15) is 4.31 Å². The van der Waals surface area contributed by atoms with Gasteiger partial charge in [-0.05, 0) is 31.9 Å². The minimum Gasteiger partial charge on any atom is -0.341 e. The lowest BCUT2D eigenvalue weighted by molar-refractivity contribution is -0.145. The van der Waals surface area contributed by atoms with Gasteiger partial charge >= 0.3 is 0 Å². The number of amides is 2. The Hall–Kier alpha value is -2.26. The highest BCUT2D eigenvalue weighted by Gasteiger charge is 2.37. The molecule has 0 N–H and O–H groups in total. The second kappa shape index (κ2) is 9.31. The summed E-state index contributed by atoms with van der Waals surface area (Å²) in [4.78, 5) is 40.8. The number of piperazine rings is 1. The van der Waals surface area contributed by atoms with Crippen LogP contribution in [0, 0.1) is 11.3 Å². The third kappa shape index (κ3) is 5.20. The number of likely N-dealkylation sites (tertiary alicyclic amines) is 1. The lowest BCUT2D eigenvalue weighted by Gasteiger charge is -2.39. The average molecular weight is 464 g/mol. The molecule has 1 aromatic rings. The van der Waals surface area contributed by atoms with Gasteiger partial charge in [0.2, 0.25) is 21.8 Å². The lowest BCUT2D eigenvalue weighted by atomic mass is 9.90. The van der Waals surface area contributed by atoms with E-state index in [1.165, 1.54) is 35.5 Å². The Morgan fingerprint density at radius 3 is 2.03 bits per heavy atom. The van der Waals surface area contributed by atoms with Crippen molar-refractivity contribution in [2.75, 3.05) is 39.3 Å². The van der Waals surface area contributed by atoms with E-state index in [4.69, 9.17) is 0 Å². The van der Waals surface area contributed by atoms with Gasteiger partial charge in [0, 0.05) is 50.2 Å². The van der Waals surface area contributed by atoms with Crippen LogP contribution in [0.3, 0.4) is 0 Å². The third-order valence-corrected chi connectivity index (χ3v) is 8.06. The van der Waals surface area contributed by atoms with Crippen molar-refractivity contribution in [1.29, 1.82) is 0 Å². The molecule has 2 fully saturated rings. The number of carbonyl (C=O) groups is 3. The molecule has 0 saturated carbocycles. The van der Waals surface area contributed by atoms with Crippen LogP contribution in [0.15, 0.2) is 29.2 Å². The molecular formula is C23H33N3O5S. The summed E-state index contributed by atoms with van der Waals surface area (Å²) in [5.41, 5.74) is -0.0149. The second-order valence-corrected chi connectivity index (χ2v) is 11.6. The van der Waals surface area contributed by atoms with Crippen molar-refractivity contribution in [2.45, 2.75) is 45.4 Å². The van der Waals surface area contributed by atoms with Crippen LogP contribution in [0.2, 0.25) is 0 Å². The van der Waals surface area contributed by atoms with Gasteiger partial charge in [0.1, 0.15) is 0 Å². The third-order valence-electron chi connectivity index (χ3n) is 6.15. The maximum Gasteiger partial charge on any atom is 0.243 e. The summed E-state index contributed by atoms with van der Waals surface area (Å²) < 4.78 is 27.3. The van der Waals surface area contributed by atoms with Gasteiger partial charge < -0.3 is 9.80 Å². The number of rotatable bonds is 4. The van der Waals surface area contributed by atoms with Gasteiger partial charge in [-0.25, -0.2) is 8.42 Å². The van der Waals surface area contributed by atoms with Gasteiger partial charge in [-0.3, -0.25) is 14.4 Å². The molecule has 32 heavy (non-hydrogen) atoms. The normalized spacial score (nSPS) is 20.8. The molecule has 0 aliphatic carbocycles. The zero-order valence-corrected chi connectivity index (χ0v) is 20.2. The van der Waals surface area contributed by atoms with Crippen LogP contribution in [0.4, 0.5) is 0 Å². The molecule has 2 saturated heterocycles. The number of Topliss-reactive ketones (excluding diaryl/α,β-unsaturated/α-hetero) is 1. The highest BCUT2D eigenvalue weighted by atomic mass is 32.2. The summed E-state index contributed by atoms with van der Waals surface area (Å²) in [6.45, 7) is 9.28. The maximum atomic E-state index is 13.1. The van der Waals surface area contributed by atoms with Crippen molar-refractivity contribution in [1.82, 2.24) is 14.1 Å². The van der Waals surface area contributed by atoms with Crippen LogP contribution in [-0.4, -0.2) is 79.4 Å². The fourth-order valence-corrected chi connectivity index (χ4v) is 5.68. The topological polar surface area (TPSA) is 95.1 Å². The summed E-state index contributed by atoms with van der Waals surface area (Å²) in [7, 11) is -3.68. The van der Waals surface area contributed by atoms with Gasteiger partial charge in [-0.15, -0.1) is 0 Å². The maximum absolute atomic E-state index is 13.1. The Morgan fingerprint density at radius 1 is 0.906 bits per heavy atom. The Kier molecular flexibility index (Phi) is 7.09. The predicted molar refractivity (Wildman–Crippen MR) is 121 cm³/mol. The number of sulfonamides is 1. The van der Waals surface area contributed by atoms with Crippen LogP contribution >= 0.6 is 0 Å². The van der Waals surface area contributed by atoms with Crippen LogP contribution in [0.1, 0.15) is 50.9 Å². The zero-order chi connectivity index (χ0) is 23.7. The summed E-state index contributed by atoms with van der Waals surface area (Å²) >= 11 is 0. The molecule has 0 spiro atoms. The molecule has 0 radical (unpaired) electrons. The molecule has 8 nitrogen and oxygen atoms in total. The molecule has 1 aromatic carbocycles. The molecule has 2 aliphatic heterocycles. The fourth-order valence-electron chi connectivity index (χ4n) is 4.26. The molecular weight excluding hydrogens is 430 g/mol. The van der Waals surface area contributed by atoms with E-state index in [0.29, 0.717) is 31.7 Å². The van der Waals surface area contributed by atoms with Crippen LogP contribution in [0.5, 0.6) is 0 Å². The lowest BCUT2D eigenvalue weighted by Crippen LogP contribution is -2.54. The van der Waals surface area contributed by atoms with Crippen molar-refractivity contribution in [3.8, 4) is 0 Å². The quantitative estimate of drug-likeness (QED) is 0.637. The summed E-state index contributed by atoms with van der Waals surface area (Å²) in [5, 5.41) is 0. The first-order chi connectivity index (χ1) is 14.9. The molecule has 2 aliphatic rings. The minimum absolute atomic E-state index is 0.000678. The van der Waals surface area contributed by atoms with Crippen molar-refractivity contribution in [2.24, 2.45) is 11.3 Å². The largest absolute Gasteiger partial charge is 0.341 e. The van der Waals surface area contributed by atoms with E-state index in [2.05, 4.69) is 0 Å². The molecule has 176 valence electrons. The molecule has 1 unspecified atom stereocenters. The SMILES string of the molecule is CC(=O)c1ccc(S(=O)(=O)N2CCN(C(=O)C3CCCN(C(=O)C(C)(C)C)C3)CC2)cc1. The highest BCUT2D eigenvalue weighted by Crippen LogP contribution is 2.26. The first kappa shape index (κ1) is 24.4. The van der Waals surface area contributed by atoms with Gasteiger partial charge in [-0.1, -0.05) is 32.9 Å². The fraction of sp³-hybridized carbons (Fsp3) is 0.609. The first-order valence-corrected chi connectivity index (χ1v) is 12.5. The number of benzene rings is 1. The molecule has 9 heteroatoms. The second-order valence-electron chi connectivity index (χ2n) is 9.65. The number of carbonyl (C=O) groups excluding carboxylic acids is 3. The Bertz CT molecular complexity index is 974. The molecule has 3 rings (SSSR count). The minimum atomic E-state index is -3.68. The summed E-state index contributed by atoms with van der Waals surface area (Å²) in [5.74, 6) is -0.301. The number of hydrogen-bond acceptors (Lipinski definition) is 5. The smallest absolute Gasteiger partial charge is 0.243 e. The monoisotopic (exact) mass is 463 g/mol. The predicted octanol–water partition coefficient (Wildman–Crippen LogP) is 2.01. The number of hydrogen-bond donors (Lipinski definition) is 0. The van der Waals surface area contributed by atoms with Crippen molar-refractivity contribution in [3.63, 3.8) is 0 Å². The Balaban J connectivity index is 1.60. The van der Waals surface area contributed by atoms with Crippen molar-refractivity contribution < 1.29 is 22.8 Å². The van der Waals surface area contributed by atoms with Crippen LogP contribution < -0.4 is 0 Å². The van der Waals surface area contributed by atoms with E-state index in [1.807, 2.05) is 20.8 Å². The molecule has 0 bridgehead atoms. The van der Waals surface area contributed by atoms with Gasteiger partial charge in [0.15, 0.2) is 5.78 Å². The van der Waals surface area contributed by atoms with E-state index < -0.39 is 15.4 Å². The molecule has 0 aromatic heterocycles. The van der Waals surface area contributed by atoms with E-state index in [9.17, 15) is 22.8 Å². The number of ketones is 1. The molecule has 2 heterocycles. The number of nitrogens with zero attached hydrogens (tertiary/aromatic N) is 3. The van der Waals surface area contributed by atoms with Crippen molar-refractivity contribution in [3.05, 3.63) is 29.8 Å². The molecule has 2 amide bonds. The average Bonchev–Trinajstić information content (AvgIpc) is 2.77. The summed E-state index contributed by atoms with van der Waals surface area (Å²) in [6.07, 6.45) is 1.54. The molecule has 1 atom stereocenters. The van der Waals surface area contributed by atoms with Crippen LogP contribution in [-0.2, 0) is 19.6 Å². The van der Waals surface area contributed by atoms with E-state index in [1.54, 1.807) is 9.80 Å². The number of piperidine rings is 1. The van der Waals surface area contributed by atoms with Crippen molar-refractivity contribution >= 4 is 27.6 Å². The van der Waals surface area contributed by atoms with E-state index in [-0.39, 0.29) is 41.5 Å². The van der Waals surface area contributed by atoms with Gasteiger partial charge in [0.05, 0.1) is 10.8 Å². The van der Waals surface area contributed by atoms with Gasteiger partial charge in [0.25, 0.3) is 0 Å². The van der Waals surface area contributed by atoms with E-state index >= 15 is 0 Å². The Morgan fingerprint density at radius 2 is 1.50 bits per heavy atom. The standard InChI is InChI=1S/C23H33N3O5S/c1-17(27)18-7-9-20(10-8-18)32(30,31)26-14-12-24(13-15-26)21(28)19-6-5-11-25(16-19)22(29)23(2,3)4/h7-10,19H,5-6,11-16H2,1-4H3.